The van der Waals surface area contributed by atoms with E-state index in [0.29, 0.717) is 6.54 Å². The van der Waals surface area contributed by atoms with Crippen molar-refractivity contribution in [2.75, 3.05) is 24.5 Å². The van der Waals surface area contributed by atoms with Gasteiger partial charge in [-0.3, -0.25) is 4.68 Å². The Balaban J connectivity index is 0.00000341. The van der Waals surface area contributed by atoms with E-state index in [1.807, 2.05) is 17.9 Å². The maximum Gasteiger partial charge on any atom is 0.191 e. The van der Waals surface area contributed by atoms with Gasteiger partial charge in [0.15, 0.2) is 5.96 Å². The highest BCUT2D eigenvalue weighted by Gasteiger charge is 2.15. The Kier molecular flexibility index (Phi) is 10.1. The molecule has 0 saturated carbocycles. The lowest BCUT2D eigenvalue weighted by atomic mass is 10.1. The van der Waals surface area contributed by atoms with Gasteiger partial charge < -0.3 is 15.5 Å². The highest BCUT2D eigenvalue weighted by molar-refractivity contribution is 14.0. The Morgan fingerprint density at radius 1 is 1.23 bits per heavy atom. The first kappa shape index (κ1) is 25.4. The SMILES string of the molecule is CCNC(=NCc1ccnc(N2CCCCC2)c1)NC(C)Cc1c(C)nn(C)c1C.I. The Morgan fingerprint density at radius 2 is 1.97 bits per heavy atom. The van der Waals surface area contributed by atoms with Gasteiger partial charge in [0.2, 0.25) is 0 Å². The molecule has 0 aromatic carbocycles. The summed E-state index contributed by atoms with van der Waals surface area (Å²) >= 11 is 0. The fourth-order valence-corrected chi connectivity index (χ4v) is 4.05. The first-order valence-corrected chi connectivity index (χ1v) is 11.2. The number of nitrogens with zero attached hydrogens (tertiary/aromatic N) is 5. The predicted octanol–water partition coefficient (Wildman–Crippen LogP) is 3.73. The summed E-state index contributed by atoms with van der Waals surface area (Å²) in [5.74, 6) is 1.93. The minimum Gasteiger partial charge on any atom is -0.357 e. The van der Waals surface area contributed by atoms with Gasteiger partial charge in [-0.1, -0.05) is 0 Å². The number of guanidine groups is 1. The second-order valence-electron chi connectivity index (χ2n) is 8.29. The molecule has 8 heteroatoms. The van der Waals surface area contributed by atoms with E-state index in [1.165, 1.54) is 36.1 Å². The summed E-state index contributed by atoms with van der Waals surface area (Å²) in [6.07, 6.45) is 6.67. The topological polar surface area (TPSA) is 70.4 Å². The van der Waals surface area contributed by atoms with Crippen molar-refractivity contribution in [3.63, 3.8) is 0 Å². The van der Waals surface area contributed by atoms with Crippen LogP contribution in [0.3, 0.4) is 0 Å². The third kappa shape index (κ3) is 7.08. The molecule has 1 aliphatic rings. The lowest BCUT2D eigenvalue weighted by Gasteiger charge is -2.27. The van der Waals surface area contributed by atoms with Crippen LogP contribution in [0.25, 0.3) is 0 Å². The number of nitrogens with one attached hydrogen (secondary N) is 2. The Morgan fingerprint density at radius 3 is 2.61 bits per heavy atom. The summed E-state index contributed by atoms with van der Waals surface area (Å²) in [4.78, 5) is 11.8. The van der Waals surface area contributed by atoms with Crippen LogP contribution in [0.2, 0.25) is 0 Å². The average Bonchev–Trinajstić information content (AvgIpc) is 2.99. The molecule has 0 radical (unpaired) electrons. The number of anilines is 1. The molecule has 7 nitrogen and oxygen atoms in total. The molecule has 0 aliphatic carbocycles. The number of aromatic nitrogens is 3. The molecule has 3 rings (SSSR count). The largest absolute Gasteiger partial charge is 0.357 e. The van der Waals surface area contributed by atoms with Crippen LogP contribution in [0.4, 0.5) is 5.82 Å². The molecular weight excluding hydrogens is 501 g/mol. The Labute approximate surface area is 204 Å². The first-order valence-electron chi connectivity index (χ1n) is 11.2. The van der Waals surface area contributed by atoms with Gasteiger partial charge in [0.05, 0.1) is 12.2 Å². The summed E-state index contributed by atoms with van der Waals surface area (Å²) in [6, 6.07) is 4.50. The number of hydrogen-bond acceptors (Lipinski definition) is 4. The molecule has 31 heavy (non-hydrogen) atoms. The highest BCUT2D eigenvalue weighted by atomic mass is 127. The molecule has 2 aromatic rings. The van der Waals surface area contributed by atoms with E-state index in [-0.39, 0.29) is 30.0 Å². The lowest BCUT2D eigenvalue weighted by Crippen LogP contribution is -2.43. The van der Waals surface area contributed by atoms with E-state index in [2.05, 4.69) is 65.4 Å². The summed E-state index contributed by atoms with van der Waals surface area (Å²) in [5, 5.41) is 11.5. The molecule has 3 heterocycles. The van der Waals surface area contributed by atoms with Crippen LogP contribution in [-0.2, 0) is 20.0 Å². The van der Waals surface area contributed by atoms with E-state index in [0.717, 1.165) is 43.5 Å². The molecule has 0 amide bonds. The van der Waals surface area contributed by atoms with Crippen molar-refractivity contribution in [3.8, 4) is 0 Å². The molecule has 1 unspecified atom stereocenters. The number of pyridine rings is 1. The van der Waals surface area contributed by atoms with Gasteiger partial charge in [-0.15, -0.1) is 24.0 Å². The highest BCUT2D eigenvalue weighted by Crippen LogP contribution is 2.19. The van der Waals surface area contributed by atoms with Crippen LogP contribution < -0.4 is 15.5 Å². The smallest absolute Gasteiger partial charge is 0.191 e. The maximum atomic E-state index is 4.83. The molecule has 0 bridgehead atoms. The zero-order valence-electron chi connectivity index (χ0n) is 19.6. The third-order valence-electron chi connectivity index (χ3n) is 5.81. The molecule has 1 atom stereocenters. The fraction of sp³-hybridized carbons (Fsp3) is 0.609. The number of halogens is 1. The molecular formula is C23H38IN7. The van der Waals surface area contributed by atoms with Gasteiger partial charge in [0.25, 0.3) is 0 Å². The van der Waals surface area contributed by atoms with Crippen molar-refractivity contribution < 1.29 is 0 Å². The molecule has 1 saturated heterocycles. The van der Waals surface area contributed by atoms with E-state index in [9.17, 15) is 0 Å². The predicted molar refractivity (Wildman–Crippen MR) is 140 cm³/mol. The van der Waals surface area contributed by atoms with Crippen molar-refractivity contribution >= 4 is 35.8 Å². The van der Waals surface area contributed by atoms with Crippen molar-refractivity contribution in [1.82, 2.24) is 25.4 Å². The van der Waals surface area contributed by atoms with Crippen molar-refractivity contribution in [3.05, 3.63) is 40.8 Å². The summed E-state index contributed by atoms with van der Waals surface area (Å²) in [5.41, 5.74) is 4.83. The lowest BCUT2D eigenvalue weighted by molar-refractivity contribution is 0.573. The van der Waals surface area contributed by atoms with Crippen LogP contribution in [0.15, 0.2) is 23.3 Å². The third-order valence-corrected chi connectivity index (χ3v) is 5.81. The molecule has 2 aromatic heterocycles. The zero-order chi connectivity index (χ0) is 21.5. The minimum absolute atomic E-state index is 0. The fourth-order valence-electron chi connectivity index (χ4n) is 4.05. The summed E-state index contributed by atoms with van der Waals surface area (Å²) < 4.78 is 1.96. The number of piperidine rings is 1. The molecule has 1 fully saturated rings. The number of rotatable bonds is 7. The van der Waals surface area contributed by atoms with Gasteiger partial charge in [-0.05, 0) is 76.6 Å². The zero-order valence-corrected chi connectivity index (χ0v) is 21.9. The average molecular weight is 540 g/mol. The normalized spacial score (nSPS) is 15.4. The van der Waals surface area contributed by atoms with E-state index < -0.39 is 0 Å². The Hall–Kier alpha value is -1.84. The first-order chi connectivity index (χ1) is 14.5. The van der Waals surface area contributed by atoms with Gasteiger partial charge in [0, 0.05) is 44.6 Å². The van der Waals surface area contributed by atoms with Crippen LogP contribution in [-0.4, -0.2) is 46.4 Å². The number of aliphatic imine (C=N–C) groups is 1. The van der Waals surface area contributed by atoms with Crippen molar-refractivity contribution in [2.45, 2.75) is 66.0 Å². The van der Waals surface area contributed by atoms with Crippen LogP contribution in [0, 0.1) is 13.8 Å². The molecule has 2 N–H and O–H groups in total. The van der Waals surface area contributed by atoms with Gasteiger partial charge in [-0.2, -0.15) is 5.10 Å². The van der Waals surface area contributed by atoms with Crippen LogP contribution >= 0.6 is 24.0 Å². The van der Waals surface area contributed by atoms with Crippen molar-refractivity contribution in [1.29, 1.82) is 0 Å². The molecule has 1 aliphatic heterocycles. The van der Waals surface area contributed by atoms with Crippen LogP contribution in [0.1, 0.15) is 55.6 Å². The molecule has 0 spiro atoms. The van der Waals surface area contributed by atoms with E-state index in [4.69, 9.17) is 4.99 Å². The van der Waals surface area contributed by atoms with E-state index >= 15 is 0 Å². The second-order valence-corrected chi connectivity index (χ2v) is 8.29. The van der Waals surface area contributed by atoms with Gasteiger partial charge in [0.1, 0.15) is 5.82 Å². The Bertz CT molecular complexity index is 856. The van der Waals surface area contributed by atoms with Gasteiger partial charge in [-0.25, -0.2) is 9.98 Å². The van der Waals surface area contributed by atoms with Crippen molar-refractivity contribution in [2.24, 2.45) is 12.0 Å². The monoisotopic (exact) mass is 539 g/mol. The van der Waals surface area contributed by atoms with Crippen LogP contribution in [0.5, 0.6) is 0 Å². The number of aryl methyl sites for hydroxylation is 2. The standard InChI is InChI=1S/C23H37N7.HI/c1-6-24-23(27-17(2)14-21-18(3)28-29(5)19(21)4)26-16-20-10-11-25-22(15-20)30-12-8-7-9-13-30;/h10-11,15,17H,6-9,12-14,16H2,1-5H3,(H2,24,26,27);1H. The summed E-state index contributed by atoms with van der Waals surface area (Å²) in [6.45, 7) is 12.2. The maximum absolute atomic E-state index is 4.83. The number of hydrogen-bond donors (Lipinski definition) is 2. The van der Waals surface area contributed by atoms with E-state index in [1.54, 1.807) is 0 Å². The minimum atomic E-state index is 0. The molecule has 172 valence electrons. The van der Waals surface area contributed by atoms with Gasteiger partial charge >= 0.3 is 0 Å². The summed E-state index contributed by atoms with van der Waals surface area (Å²) in [7, 11) is 2.00. The second kappa shape index (κ2) is 12.3. The quantitative estimate of drug-likeness (QED) is 0.319.